The van der Waals surface area contributed by atoms with E-state index in [0.29, 0.717) is 29.1 Å². The Balaban J connectivity index is 2.58. The highest BCUT2D eigenvalue weighted by Crippen LogP contribution is 2.16. The molecule has 0 saturated heterocycles. The Bertz CT molecular complexity index is 402. The van der Waals surface area contributed by atoms with Gasteiger partial charge in [-0.1, -0.05) is 25.4 Å². The van der Waals surface area contributed by atoms with Crippen LogP contribution in [0.2, 0.25) is 5.15 Å². The van der Waals surface area contributed by atoms with E-state index in [-0.39, 0.29) is 5.91 Å². The van der Waals surface area contributed by atoms with Crippen molar-refractivity contribution in [3.8, 4) is 0 Å². The van der Waals surface area contributed by atoms with Gasteiger partial charge in [0.25, 0.3) is 0 Å². The zero-order valence-electron chi connectivity index (χ0n) is 10.8. The second-order valence-electron chi connectivity index (χ2n) is 4.61. The number of nitrogens with zero attached hydrogens (tertiary/aromatic N) is 1. The van der Waals surface area contributed by atoms with E-state index in [1.165, 1.54) is 0 Å². The number of anilines is 2. The summed E-state index contributed by atoms with van der Waals surface area (Å²) in [5, 5.41) is 6.10. The van der Waals surface area contributed by atoms with Crippen LogP contribution in [0.3, 0.4) is 0 Å². The fourth-order valence-corrected chi connectivity index (χ4v) is 1.55. The molecule has 1 amide bonds. The molecule has 5 nitrogen and oxygen atoms in total. The van der Waals surface area contributed by atoms with Crippen LogP contribution in [0, 0.1) is 5.92 Å². The van der Waals surface area contributed by atoms with Gasteiger partial charge in [-0.15, -0.1) is 0 Å². The first-order valence-corrected chi connectivity index (χ1v) is 6.23. The number of halogens is 1. The fourth-order valence-electron chi connectivity index (χ4n) is 1.34. The van der Waals surface area contributed by atoms with Gasteiger partial charge in [-0.25, -0.2) is 4.98 Å². The molecule has 18 heavy (non-hydrogen) atoms. The second-order valence-corrected chi connectivity index (χ2v) is 5.00. The summed E-state index contributed by atoms with van der Waals surface area (Å²) in [6.45, 7) is 6.49. The van der Waals surface area contributed by atoms with Crippen LogP contribution in [0.15, 0.2) is 12.1 Å². The molecule has 1 atom stereocenters. The third-order valence-electron chi connectivity index (χ3n) is 2.26. The minimum Gasteiger partial charge on any atom is -0.399 e. The highest BCUT2D eigenvalue weighted by atomic mass is 35.5. The third-order valence-corrected chi connectivity index (χ3v) is 2.45. The number of nitrogen functional groups attached to an aromatic ring is 1. The summed E-state index contributed by atoms with van der Waals surface area (Å²) in [5.74, 6) is 0.831. The molecule has 0 aliphatic carbocycles. The normalized spacial score (nSPS) is 12.3. The van der Waals surface area contributed by atoms with Gasteiger partial charge < -0.3 is 16.4 Å². The van der Waals surface area contributed by atoms with E-state index >= 15 is 0 Å². The van der Waals surface area contributed by atoms with Gasteiger partial charge in [0, 0.05) is 18.3 Å². The quantitative estimate of drug-likeness (QED) is 0.714. The van der Waals surface area contributed by atoms with Gasteiger partial charge in [0.1, 0.15) is 17.0 Å². The molecule has 1 unspecified atom stereocenters. The summed E-state index contributed by atoms with van der Waals surface area (Å²) < 4.78 is 0. The Hall–Kier alpha value is -1.49. The summed E-state index contributed by atoms with van der Waals surface area (Å²) in [6, 6.07) is 2.79. The second kappa shape index (κ2) is 6.44. The number of hydrogen-bond acceptors (Lipinski definition) is 4. The smallest absolute Gasteiger partial charge is 0.242 e. The molecule has 1 rings (SSSR count). The number of nitrogens with one attached hydrogen (secondary N) is 2. The van der Waals surface area contributed by atoms with Gasteiger partial charge in [-0.05, 0) is 18.9 Å². The largest absolute Gasteiger partial charge is 0.399 e. The van der Waals surface area contributed by atoms with Crippen LogP contribution >= 0.6 is 11.6 Å². The van der Waals surface area contributed by atoms with Crippen LogP contribution in [0.25, 0.3) is 0 Å². The van der Waals surface area contributed by atoms with Crippen molar-refractivity contribution in [1.29, 1.82) is 0 Å². The van der Waals surface area contributed by atoms with Gasteiger partial charge in [-0.3, -0.25) is 4.79 Å². The van der Waals surface area contributed by atoms with Gasteiger partial charge in [0.05, 0.1) is 0 Å². The zero-order valence-corrected chi connectivity index (χ0v) is 11.6. The van der Waals surface area contributed by atoms with Crippen molar-refractivity contribution >= 4 is 29.0 Å². The molecule has 0 aromatic carbocycles. The van der Waals surface area contributed by atoms with E-state index in [1.807, 2.05) is 13.8 Å². The Labute approximate surface area is 112 Å². The Kier molecular flexibility index (Phi) is 5.22. The molecular formula is C12H19ClN4O. The van der Waals surface area contributed by atoms with Crippen LogP contribution in [0.1, 0.15) is 20.8 Å². The van der Waals surface area contributed by atoms with Crippen LogP contribution in [0.5, 0.6) is 0 Å². The van der Waals surface area contributed by atoms with Crippen molar-refractivity contribution in [3.05, 3.63) is 17.3 Å². The molecule has 6 heteroatoms. The highest BCUT2D eigenvalue weighted by Gasteiger charge is 2.13. The first kappa shape index (κ1) is 14.6. The molecule has 0 saturated carbocycles. The van der Waals surface area contributed by atoms with Gasteiger partial charge in [0.15, 0.2) is 0 Å². The molecule has 1 aromatic rings. The minimum atomic E-state index is -0.394. The van der Waals surface area contributed by atoms with Gasteiger partial charge in [0.2, 0.25) is 5.91 Å². The number of carbonyl (C=O) groups is 1. The standard InChI is InChI=1S/C12H19ClN4O/c1-7(2)6-15-12(18)8(3)16-11-5-9(14)4-10(13)17-11/h4-5,7-8H,6H2,1-3H3,(H,15,18)(H3,14,16,17). The number of rotatable bonds is 5. The summed E-state index contributed by atoms with van der Waals surface area (Å²) >= 11 is 5.78. The van der Waals surface area contributed by atoms with E-state index in [0.717, 1.165) is 0 Å². The maximum absolute atomic E-state index is 11.8. The van der Waals surface area contributed by atoms with Crippen molar-refractivity contribution in [2.24, 2.45) is 5.92 Å². The maximum atomic E-state index is 11.8. The van der Waals surface area contributed by atoms with Crippen molar-refractivity contribution in [2.75, 3.05) is 17.6 Å². The molecule has 1 heterocycles. The molecule has 0 spiro atoms. The van der Waals surface area contributed by atoms with Crippen LogP contribution in [-0.2, 0) is 4.79 Å². The number of amides is 1. The first-order chi connectivity index (χ1) is 8.38. The van der Waals surface area contributed by atoms with E-state index in [2.05, 4.69) is 15.6 Å². The molecule has 1 aromatic heterocycles. The highest BCUT2D eigenvalue weighted by molar-refractivity contribution is 6.29. The summed E-state index contributed by atoms with van der Waals surface area (Å²) in [5.41, 5.74) is 6.15. The molecule has 0 aliphatic heterocycles. The molecule has 0 bridgehead atoms. The van der Waals surface area contributed by atoms with Crippen LogP contribution in [-0.4, -0.2) is 23.5 Å². The summed E-state index contributed by atoms with van der Waals surface area (Å²) in [6.07, 6.45) is 0. The van der Waals surface area contributed by atoms with Crippen molar-refractivity contribution in [3.63, 3.8) is 0 Å². The van der Waals surface area contributed by atoms with Crippen LogP contribution in [0.4, 0.5) is 11.5 Å². The number of pyridine rings is 1. The number of nitrogens with two attached hydrogens (primary N) is 1. The lowest BCUT2D eigenvalue weighted by atomic mass is 10.2. The Morgan fingerprint density at radius 2 is 2.11 bits per heavy atom. The predicted octanol–water partition coefficient (Wildman–Crippen LogP) is 1.89. The van der Waals surface area contributed by atoms with Crippen LogP contribution < -0.4 is 16.4 Å². The Morgan fingerprint density at radius 1 is 1.44 bits per heavy atom. The maximum Gasteiger partial charge on any atom is 0.242 e. The van der Waals surface area contributed by atoms with Crippen molar-refractivity contribution in [2.45, 2.75) is 26.8 Å². The van der Waals surface area contributed by atoms with Crippen molar-refractivity contribution < 1.29 is 4.79 Å². The topological polar surface area (TPSA) is 80.0 Å². The molecular weight excluding hydrogens is 252 g/mol. The molecule has 100 valence electrons. The predicted molar refractivity (Wildman–Crippen MR) is 74.6 cm³/mol. The minimum absolute atomic E-state index is 0.0796. The third kappa shape index (κ3) is 4.79. The van der Waals surface area contributed by atoms with Gasteiger partial charge >= 0.3 is 0 Å². The number of hydrogen-bond donors (Lipinski definition) is 3. The molecule has 4 N–H and O–H groups in total. The average molecular weight is 271 g/mol. The lowest BCUT2D eigenvalue weighted by Gasteiger charge is -2.16. The van der Waals surface area contributed by atoms with E-state index < -0.39 is 6.04 Å². The Morgan fingerprint density at radius 3 is 2.67 bits per heavy atom. The first-order valence-electron chi connectivity index (χ1n) is 5.85. The van der Waals surface area contributed by atoms with E-state index in [4.69, 9.17) is 17.3 Å². The fraction of sp³-hybridized carbons (Fsp3) is 0.500. The van der Waals surface area contributed by atoms with E-state index in [1.54, 1.807) is 19.1 Å². The summed E-state index contributed by atoms with van der Waals surface area (Å²) in [4.78, 5) is 15.8. The number of aromatic nitrogens is 1. The molecule has 0 radical (unpaired) electrons. The SMILES string of the molecule is CC(C)CNC(=O)C(C)Nc1cc(N)cc(Cl)n1. The lowest BCUT2D eigenvalue weighted by Crippen LogP contribution is -2.39. The monoisotopic (exact) mass is 270 g/mol. The van der Waals surface area contributed by atoms with Crippen molar-refractivity contribution in [1.82, 2.24) is 10.3 Å². The lowest BCUT2D eigenvalue weighted by molar-refractivity contribution is -0.121. The van der Waals surface area contributed by atoms with E-state index in [9.17, 15) is 4.79 Å². The summed E-state index contributed by atoms with van der Waals surface area (Å²) in [7, 11) is 0. The van der Waals surface area contributed by atoms with Gasteiger partial charge in [-0.2, -0.15) is 0 Å². The molecule has 0 fully saturated rings. The number of carbonyl (C=O) groups excluding carboxylic acids is 1. The zero-order chi connectivity index (χ0) is 13.7. The molecule has 0 aliphatic rings. The average Bonchev–Trinajstić information content (AvgIpc) is 2.24.